The van der Waals surface area contributed by atoms with Gasteiger partial charge in [0, 0.05) is 38.4 Å². The number of pyridine rings is 1. The average molecular weight is 481 g/mol. The van der Waals surface area contributed by atoms with Crippen molar-refractivity contribution in [2.45, 2.75) is 50.7 Å². The molecule has 4 bridgehead atoms. The number of nitrogens with zero attached hydrogens (tertiary/aromatic N) is 3. The van der Waals surface area contributed by atoms with E-state index in [0.29, 0.717) is 56.3 Å². The molecule has 1 aromatic heterocycles. The summed E-state index contributed by atoms with van der Waals surface area (Å²) in [6, 6.07) is 2.59. The standard InChI is InChI=1S/C24H31F3N4O3/c25-24(26,27)18-1-2-19(28-13-18)31-5-3-30(4-6-31)14-20(32)29-22-16-7-15-8-17(22)11-23(9-15,10-16)12-21(33)34/h1-2,13,15-17,22H,3-12,14H2,(H,29,32)(H,33,34). The van der Waals surface area contributed by atoms with Crippen LogP contribution in [0.25, 0.3) is 0 Å². The van der Waals surface area contributed by atoms with Crippen LogP contribution in [0.5, 0.6) is 0 Å². The molecule has 4 saturated carbocycles. The minimum absolute atomic E-state index is 0.00543. The van der Waals surface area contributed by atoms with Crippen molar-refractivity contribution in [1.82, 2.24) is 15.2 Å². The van der Waals surface area contributed by atoms with Crippen LogP contribution in [0.3, 0.4) is 0 Å². The number of halogens is 3. The summed E-state index contributed by atoms with van der Waals surface area (Å²) in [5, 5.41) is 12.7. The zero-order valence-electron chi connectivity index (χ0n) is 19.1. The Labute approximate surface area is 196 Å². The van der Waals surface area contributed by atoms with E-state index in [-0.39, 0.29) is 23.8 Å². The molecule has 6 rings (SSSR count). The Kier molecular flexibility index (Phi) is 5.98. The highest BCUT2D eigenvalue weighted by atomic mass is 19.4. The molecule has 4 aliphatic carbocycles. The highest BCUT2D eigenvalue weighted by Gasteiger charge is 2.56. The van der Waals surface area contributed by atoms with Crippen LogP contribution in [0.15, 0.2) is 18.3 Å². The first-order valence-corrected chi connectivity index (χ1v) is 12.1. The third kappa shape index (κ3) is 4.74. The molecule has 5 aliphatic rings. The van der Waals surface area contributed by atoms with Gasteiger partial charge in [0.15, 0.2) is 0 Å². The Morgan fingerprint density at radius 1 is 1.09 bits per heavy atom. The van der Waals surface area contributed by atoms with Gasteiger partial charge in [-0.2, -0.15) is 13.2 Å². The van der Waals surface area contributed by atoms with Crippen LogP contribution in [0.2, 0.25) is 0 Å². The highest BCUT2D eigenvalue weighted by Crippen LogP contribution is 2.61. The van der Waals surface area contributed by atoms with Gasteiger partial charge in [-0.15, -0.1) is 0 Å². The van der Waals surface area contributed by atoms with Gasteiger partial charge in [0.05, 0.1) is 18.5 Å². The van der Waals surface area contributed by atoms with E-state index in [9.17, 15) is 27.9 Å². The molecule has 2 atom stereocenters. The summed E-state index contributed by atoms with van der Waals surface area (Å²) in [6.07, 6.45) is 1.70. The monoisotopic (exact) mass is 480 g/mol. The lowest BCUT2D eigenvalue weighted by molar-refractivity contribution is -0.148. The predicted octanol–water partition coefficient (Wildman–Crippen LogP) is 3.01. The van der Waals surface area contributed by atoms with Gasteiger partial charge in [-0.3, -0.25) is 14.5 Å². The molecule has 1 amide bonds. The van der Waals surface area contributed by atoms with Gasteiger partial charge in [-0.05, 0) is 67.4 Å². The third-order valence-electron chi connectivity index (χ3n) is 8.39. The molecule has 2 heterocycles. The first-order valence-electron chi connectivity index (χ1n) is 12.1. The van der Waals surface area contributed by atoms with E-state index in [0.717, 1.165) is 44.4 Å². The summed E-state index contributed by atoms with van der Waals surface area (Å²) < 4.78 is 38.2. The number of aromatic nitrogens is 1. The van der Waals surface area contributed by atoms with Crippen LogP contribution in [-0.4, -0.2) is 65.6 Å². The van der Waals surface area contributed by atoms with Crippen molar-refractivity contribution in [3.8, 4) is 0 Å². The number of anilines is 1. The van der Waals surface area contributed by atoms with E-state index in [1.54, 1.807) is 0 Å². The molecular weight excluding hydrogens is 449 g/mol. The van der Waals surface area contributed by atoms with E-state index >= 15 is 0 Å². The summed E-state index contributed by atoms with van der Waals surface area (Å²) in [6.45, 7) is 2.77. The van der Waals surface area contributed by atoms with Crippen LogP contribution in [-0.2, 0) is 15.8 Å². The minimum Gasteiger partial charge on any atom is -0.481 e. The Bertz CT molecular complexity index is 914. The number of hydrogen-bond donors (Lipinski definition) is 2. The van der Waals surface area contributed by atoms with Crippen molar-refractivity contribution < 1.29 is 27.9 Å². The second-order valence-corrected chi connectivity index (χ2v) is 10.8. The summed E-state index contributed by atoms with van der Waals surface area (Å²) in [4.78, 5) is 32.2. The predicted molar refractivity (Wildman–Crippen MR) is 118 cm³/mol. The maximum atomic E-state index is 12.9. The Morgan fingerprint density at radius 3 is 2.32 bits per heavy atom. The SMILES string of the molecule is O=C(O)CC12CC3CC(C1)C(NC(=O)CN1CCN(c4ccc(C(F)(F)F)cn4)CC1)C(C3)C2. The van der Waals surface area contributed by atoms with Gasteiger partial charge in [-0.1, -0.05) is 0 Å². The molecule has 7 nitrogen and oxygen atoms in total. The van der Waals surface area contributed by atoms with Crippen molar-refractivity contribution in [3.05, 3.63) is 23.9 Å². The average Bonchev–Trinajstić information content (AvgIpc) is 2.75. The zero-order chi connectivity index (χ0) is 24.1. The quantitative estimate of drug-likeness (QED) is 0.651. The first-order chi connectivity index (χ1) is 16.1. The van der Waals surface area contributed by atoms with Crippen molar-refractivity contribution in [1.29, 1.82) is 0 Å². The van der Waals surface area contributed by atoms with Gasteiger partial charge in [0.1, 0.15) is 5.82 Å². The summed E-state index contributed by atoms with van der Waals surface area (Å²) in [7, 11) is 0. The molecule has 2 N–H and O–H groups in total. The topological polar surface area (TPSA) is 85.8 Å². The van der Waals surface area contributed by atoms with Crippen LogP contribution >= 0.6 is 0 Å². The van der Waals surface area contributed by atoms with E-state index in [1.807, 2.05) is 4.90 Å². The van der Waals surface area contributed by atoms with Gasteiger partial charge in [0.2, 0.25) is 5.91 Å². The van der Waals surface area contributed by atoms with Crippen LogP contribution in [0.1, 0.15) is 44.1 Å². The van der Waals surface area contributed by atoms with Gasteiger partial charge >= 0.3 is 12.1 Å². The molecule has 1 saturated heterocycles. The smallest absolute Gasteiger partial charge is 0.417 e. The molecule has 1 aliphatic heterocycles. The first kappa shape index (κ1) is 23.4. The van der Waals surface area contributed by atoms with Crippen molar-refractivity contribution in [3.63, 3.8) is 0 Å². The Morgan fingerprint density at radius 2 is 1.76 bits per heavy atom. The van der Waals surface area contributed by atoms with Crippen LogP contribution in [0.4, 0.5) is 19.0 Å². The van der Waals surface area contributed by atoms with E-state index < -0.39 is 17.7 Å². The highest BCUT2D eigenvalue weighted by molar-refractivity contribution is 5.78. The lowest BCUT2D eigenvalue weighted by Gasteiger charge is -2.60. The number of amides is 1. The minimum atomic E-state index is -4.40. The number of carboxylic acids is 1. The Balaban J connectivity index is 1.11. The molecule has 0 radical (unpaired) electrons. The maximum absolute atomic E-state index is 12.9. The van der Waals surface area contributed by atoms with Crippen LogP contribution < -0.4 is 10.2 Å². The van der Waals surface area contributed by atoms with E-state index in [4.69, 9.17) is 0 Å². The number of carbonyl (C=O) groups is 2. The van der Waals surface area contributed by atoms with E-state index in [1.165, 1.54) is 6.07 Å². The number of rotatable bonds is 6. The molecule has 34 heavy (non-hydrogen) atoms. The fourth-order valence-electron chi connectivity index (χ4n) is 7.28. The molecule has 186 valence electrons. The number of nitrogens with one attached hydrogen (secondary N) is 1. The van der Waals surface area contributed by atoms with E-state index in [2.05, 4.69) is 15.2 Å². The normalized spacial score (nSPS) is 33.2. The zero-order valence-corrected chi connectivity index (χ0v) is 19.1. The fraction of sp³-hybridized carbons (Fsp3) is 0.708. The van der Waals surface area contributed by atoms with Crippen molar-refractivity contribution in [2.24, 2.45) is 23.2 Å². The van der Waals surface area contributed by atoms with Crippen LogP contribution in [0, 0.1) is 23.2 Å². The van der Waals surface area contributed by atoms with Crippen molar-refractivity contribution >= 4 is 17.7 Å². The molecule has 0 spiro atoms. The lowest BCUT2D eigenvalue weighted by Crippen LogP contribution is -2.60. The number of carbonyl (C=O) groups excluding carboxylic acids is 1. The number of aliphatic carboxylic acids is 1. The molecule has 2 unspecified atom stereocenters. The number of piperazine rings is 1. The molecule has 1 aromatic rings. The lowest BCUT2D eigenvalue weighted by atomic mass is 9.47. The molecule has 10 heteroatoms. The Hall–Kier alpha value is -2.36. The molecular formula is C24H31F3N4O3. The third-order valence-corrected chi connectivity index (χ3v) is 8.39. The summed E-state index contributed by atoms with van der Waals surface area (Å²) >= 11 is 0. The largest absolute Gasteiger partial charge is 0.481 e. The molecule has 0 aromatic carbocycles. The second kappa shape index (κ2) is 8.70. The fourth-order valence-corrected chi connectivity index (χ4v) is 7.28. The number of carboxylic acid groups (broad SMARTS) is 1. The summed E-state index contributed by atoms with van der Waals surface area (Å²) in [5.41, 5.74) is -0.836. The van der Waals surface area contributed by atoms with Gasteiger partial charge in [-0.25, -0.2) is 4.98 Å². The van der Waals surface area contributed by atoms with Crippen molar-refractivity contribution in [2.75, 3.05) is 37.6 Å². The number of alkyl halides is 3. The molecule has 5 fully saturated rings. The number of hydrogen-bond acceptors (Lipinski definition) is 5. The summed E-state index contributed by atoms with van der Waals surface area (Å²) in [5.74, 6) is 1.14. The van der Waals surface area contributed by atoms with Gasteiger partial charge in [0.25, 0.3) is 0 Å². The van der Waals surface area contributed by atoms with Gasteiger partial charge < -0.3 is 15.3 Å². The maximum Gasteiger partial charge on any atom is 0.417 e. The second-order valence-electron chi connectivity index (χ2n) is 10.8.